The lowest BCUT2D eigenvalue weighted by Crippen LogP contribution is -2.53. The molecular weight excluding hydrogens is 458 g/mol. The summed E-state index contributed by atoms with van der Waals surface area (Å²) in [5.41, 5.74) is 3.57. The first kappa shape index (κ1) is 23.6. The van der Waals surface area contributed by atoms with Gasteiger partial charge in [-0.15, -0.1) is 10.2 Å². The maximum absolute atomic E-state index is 11.2. The molecule has 1 aliphatic heterocycles. The van der Waals surface area contributed by atoms with Crippen molar-refractivity contribution in [2.45, 2.75) is 33.4 Å². The van der Waals surface area contributed by atoms with Gasteiger partial charge in [0.25, 0.3) is 5.69 Å². The second kappa shape index (κ2) is 9.86. The van der Waals surface area contributed by atoms with E-state index in [2.05, 4.69) is 49.8 Å². The molecular formula is C25H29N9O2. The van der Waals surface area contributed by atoms with Gasteiger partial charge in [-0.25, -0.2) is 4.98 Å². The Morgan fingerprint density at radius 3 is 2.89 bits per heavy atom. The molecule has 2 aromatic carbocycles. The third-order valence-corrected chi connectivity index (χ3v) is 6.56. The Balaban J connectivity index is 1.49. The topological polar surface area (TPSA) is 138 Å². The average Bonchev–Trinajstić information content (AvgIpc) is 3.27. The number of anilines is 2. The zero-order valence-electron chi connectivity index (χ0n) is 20.5. The molecule has 0 spiro atoms. The number of nitrogens with one attached hydrogen (secondary N) is 3. The number of piperazine rings is 1. The number of fused-ring (bicyclic) bond motifs is 1. The molecule has 1 fully saturated rings. The number of nitro groups is 1. The van der Waals surface area contributed by atoms with Crippen molar-refractivity contribution in [3.63, 3.8) is 0 Å². The van der Waals surface area contributed by atoms with Crippen LogP contribution in [0, 0.1) is 23.0 Å². The number of aromatic amines is 1. The van der Waals surface area contributed by atoms with Crippen molar-refractivity contribution in [2.75, 3.05) is 29.9 Å². The van der Waals surface area contributed by atoms with E-state index in [1.54, 1.807) is 12.1 Å². The molecule has 3 heterocycles. The smallest absolute Gasteiger partial charge is 0.269 e. The predicted molar refractivity (Wildman–Crippen MR) is 139 cm³/mol. The number of rotatable bonds is 7. The summed E-state index contributed by atoms with van der Waals surface area (Å²) >= 11 is 0. The van der Waals surface area contributed by atoms with Crippen LogP contribution in [0.4, 0.5) is 17.3 Å². The van der Waals surface area contributed by atoms with Crippen LogP contribution in [0.15, 0.2) is 42.5 Å². The summed E-state index contributed by atoms with van der Waals surface area (Å²) in [6.45, 7) is 9.17. The maximum Gasteiger partial charge on any atom is 0.269 e. The van der Waals surface area contributed by atoms with Crippen LogP contribution in [0.3, 0.4) is 0 Å². The molecule has 2 aromatic heterocycles. The Morgan fingerprint density at radius 2 is 2.08 bits per heavy atom. The van der Waals surface area contributed by atoms with Gasteiger partial charge in [-0.3, -0.25) is 15.2 Å². The molecule has 0 radical (unpaired) electrons. The molecule has 186 valence electrons. The van der Waals surface area contributed by atoms with Gasteiger partial charge in [-0.2, -0.15) is 5.10 Å². The van der Waals surface area contributed by atoms with E-state index in [9.17, 15) is 10.1 Å². The normalized spacial score (nSPS) is 16.0. The molecule has 0 amide bonds. The van der Waals surface area contributed by atoms with Gasteiger partial charge in [0.15, 0.2) is 17.5 Å². The monoisotopic (exact) mass is 487 g/mol. The van der Waals surface area contributed by atoms with Gasteiger partial charge in [0.1, 0.15) is 0 Å². The zero-order chi connectivity index (χ0) is 25.2. The molecule has 36 heavy (non-hydrogen) atoms. The fraction of sp³-hybridized carbons (Fsp3) is 0.360. The second-order valence-electron chi connectivity index (χ2n) is 9.42. The Kier molecular flexibility index (Phi) is 6.47. The molecule has 1 atom stereocenters. The number of H-pyrrole nitrogens is 1. The van der Waals surface area contributed by atoms with E-state index < -0.39 is 4.92 Å². The maximum atomic E-state index is 11.2. The molecule has 11 nitrogen and oxygen atoms in total. The molecule has 1 aliphatic rings. The lowest BCUT2D eigenvalue weighted by Gasteiger charge is -2.37. The van der Waals surface area contributed by atoms with Crippen molar-refractivity contribution in [3.8, 4) is 11.4 Å². The quantitative estimate of drug-likeness (QED) is 0.263. The number of aromatic nitrogens is 5. The molecule has 4 aromatic rings. The first-order chi connectivity index (χ1) is 17.4. The summed E-state index contributed by atoms with van der Waals surface area (Å²) < 4.78 is 0. The SMILES string of the molecule is Cc1[nH]nc2ccc(-c3nnc(NCc4cccc([N+](=O)[O-])c4)c(N4CCNC(C(C)C)C4)n3)cc12. The third-order valence-electron chi connectivity index (χ3n) is 6.56. The summed E-state index contributed by atoms with van der Waals surface area (Å²) in [6.07, 6.45) is 0. The summed E-state index contributed by atoms with van der Waals surface area (Å²) in [5.74, 6) is 2.28. The highest BCUT2D eigenvalue weighted by molar-refractivity contribution is 5.85. The fourth-order valence-corrected chi connectivity index (χ4v) is 4.44. The van der Waals surface area contributed by atoms with Crippen LogP contribution in [0.1, 0.15) is 25.1 Å². The van der Waals surface area contributed by atoms with Gasteiger partial charge in [0.05, 0.1) is 10.4 Å². The van der Waals surface area contributed by atoms with Crippen molar-refractivity contribution >= 4 is 28.2 Å². The van der Waals surface area contributed by atoms with Crippen LogP contribution in [0.2, 0.25) is 0 Å². The minimum absolute atomic E-state index is 0.0564. The molecule has 5 rings (SSSR count). The van der Waals surface area contributed by atoms with Crippen molar-refractivity contribution in [3.05, 3.63) is 63.8 Å². The number of nitro benzene ring substituents is 1. The standard InChI is InChI=1S/C25H29N9O2/c1-15(2)22-14-33(10-9-26-22)25-24(27-13-17-5-4-6-19(11-17)34(35)36)32-31-23(28-25)18-7-8-21-20(12-18)16(3)29-30-21/h4-8,11-12,15,22,26H,9-10,13-14H2,1-3H3,(H,27,32)(H,29,30). The summed E-state index contributed by atoms with van der Waals surface area (Å²) in [6, 6.07) is 12.8. The number of non-ortho nitro benzene ring substituents is 1. The van der Waals surface area contributed by atoms with Crippen molar-refractivity contribution < 1.29 is 4.92 Å². The van der Waals surface area contributed by atoms with Gasteiger partial charge >= 0.3 is 0 Å². The number of nitrogens with zero attached hydrogens (tertiary/aromatic N) is 6. The predicted octanol–water partition coefficient (Wildman–Crippen LogP) is 3.68. The van der Waals surface area contributed by atoms with E-state index >= 15 is 0 Å². The molecule has 1 unspecified atom stereocenters. The second-order valence-corrected chi connectivity index (χ2v) is 9.42. The van der Waals surface area contributed by atoms with Crippen molar-refractivity contribution in [1.29, 1.82) is 0 Å². The van der Waals surface area contributed by atoms with Gasteiger partial charge in [-0.05, 0) is 36.6 Å². The van der Waals surface area contributed by atoms with E-state index in [0.29, 0.717) is 30.1 Å². The van der Waals surface area contributed by atoms with E-state index in [0.717, 1.165) is 53.2 Å². The van der Waals surface area contributed by atoms with Gasteiger partial charge in [0, 0.05) is 61.0 Å². The van der Waals surface area contributed by atoms with Crippen LogP contribution in [0.25, 0.3) is 22.3 Å². The number of aryl methyl sites for hydroxylation is 1. The third kappa shape index (κ3) is 4.82. The Morgan fingerprint density at radius 1 is 1.22 bits per heavy atom. The molecule has 0 aliphatic carbocycles. The lowest BCUT2D eigenvalue weighted by molar-refractivity contribution is -0.384. The minimum atomic E-state index is -0.392. The van der Waals surface area contributed by atoms with Crippen LogP contribution in [-0.2, 0) is 6.54 Å². The van der Waals surface area contributed by atoms with Crippen LogP contribution < -0.4 is 15.5 Å². The first-order valence-corrected chi connectivity index (χ1v) is 12.0. The van der Waals surface area contributed by atoms with E-state index in [1.165, 1.54) is 6.07 Å². The van der Waals surface area contributed by atoms with Gasteiger partial charge in [-0.1, -0.05) is 26.0 Å². The first-order valence-electron chi connectivity index (χ1n) is 12.0. The fourth-order valence-electron chi connectivity index (χ4n) is 4.44. The van der Waals surface area contributed by atoms with Gasteiger partial charge < -0.3 is 15.5 Å². The number of hydrogen-bond donors (Lipinski definition) is 3. The molecule has 3 N–H and O–H groups in total. The van der Waals surface area contributed by atoms with Gasteiger partial charge in [0.2, 0.25) is 0 Å². The van der Waals surface area contributed by atoms with E-state index in [-0.39, 0.29) is 5.69 Å². The largest absolute Gasteiger partial charge is 0.361 e. The number of hydrogen-bond acceptors (Lipinski definition) is 9. The lowest BCUT2D eigenvalue weighted by atomic mass is 10.0. The molecule has 0 saturated carbocycles. The Labute approximate surface area is 208 Å². The van der Waals surface area contributed by atoms with Crippen molar-refractivity contribution in [1.82, 2.24) is 30.7 Å². The highest BCUT2D eigenvalue weighted by Gasteiger charge is 2.26. The zero-order valence-corrected chi connectivity index (χ0v) is 20.5. The number of benzene rings is 2. The minimum Gasteiger partial charge on any atom is -0.361 e. The summed E-state index contributed by atoms with van der Waals surface area (Å²) in [7, 11) is 0. The molecule has 1 saturated heterocycles. The van der Waals surface area contributed by atoms with E-state index in [1.807, 2.05) is 31.2 Å². The van der Waals surface area contributed by atoms with E-state index in [4.69, 9.17) is 4.98 Å². The molecule has 0 bridgehead atoms. The average molecular weight is 488 g/mol. The van der Waals surface area contributed by atoms with Crippen LogP contribution in [0.5, 0.6) is 0 Å². The molecule has 11 heteroatoms. The Hall–Kier alpha value is -4.12. The van der Waals surface area contributed by atoms with Crippen molar-refractivity contribution in [2.24, 2.45) is 5.92 Å². The highest BCUT2D eigenvalue weighted by atomic mass is 16.6. The summed E-state index contributed by atoms with van der Waals surface area (Å²) in [4.78, 5) is 18.0. The summed E-state index contributed by atoms with van der Waals surface area (Å²) in [5, 5.41) is 35.4. The van der Waals surface area contributed by atoms with Crippen LogP contribution in [-0.4, -0.2) is 56.0 Å². The highest BCUT2D eigenvalue weighted by Crippen LogP contribution is 2.28. The van der Waals surface area contributed by atoms with Crippen LogP contribution >= 0.6 is 0 Å². The Bertz CT molecular complexity index is 1400.